The largest absolute Gasteiger partial charge is 0.311 e. The molecule has 0 amide bonds. The Labute approximate surface area is 90.6 Å². The van der Waals surface area contributed by atoms with Gasteiger partial charge in [-0.3, -0.25) is 0 Å². The van der Waals surface area contributed by atoms with E-state index in [0.29, 0.717) is 12.5 Å². The molecule has 0 aromatic heterocycles. The molecular formula is C12H21F2N. The highest BCUT2D eigenvalue weighted by Crippen LogP contribution is 2.36. The number of rotatable bonds is 2. The van der Waals surface area contributed by atoms with Crippen LogP contribution in [0.1, 0.15) is 44.9 Å². The van der Waals surface area contributed by atoms with Gasteiger partial charge in [0.2, 0.25) is 0 Å². The Morgan fingerprint density at radius 1 is 1.07 bits per heavy atom. The van der Waals surface area contributed by atoms with E-state index in [1.807, 2.05) is 0 Å². The van der Waals surface area contributed by atoms with E-state index in [1.54, 1.807) is 0 Å². The first-order valence-electron chi connectivity index (χ1n) is 6.27. The highest BCUT2D eigenvalue weighted by molar-refractivity contribution is 4.89. The molecule has 1 nitrogen and oxygen atoms in total. The number of hydrogen-bond acceptors (Lipinski definition) is 1. The molecule has 3 heteroatoms. The highest BCUT2D eigenvalue weighted by atomic mass is 19.3. The van der Waals surface area contributed by atoms with Crippen LogP contribution >= 0.6 is 0 Å². The molecule has 2 aliphatic rings. The van der Waals surface area contributed by atoms with Gasteiger partial charge in [-0.25, -0.2) is 8.78 Å². The van der Waals surface area contributed by atoms with Crippen molar-refractivity contribution in [2.24, 2.45) is 11.8 Å². The van der Waals surface area contributed by atoms with Gasteiger partial charge >= 0.3 is 0 Å². The second-order valence-corrected chi connectivity index (χ2v) is 5.18. The minimum atomic E-state index is -2.45. The van der Waals surface area contributed by atoms with Crippen LogP contribution in [0.15, 0.2) is 0 Å². The van der Waals surface area contributed by atoms with E-state index in [0.717, 1.165) is 6.42 Å². The Morgan fingerprint density at radius 3 is 2.27 bits per heavy atom. The molecule has 1 N–H and O–H groups in total. The zero-order valence-corrected chi connectivity index (χ0v) is 9.27. The zero-order valence-electron chi connectivity index (χ0n) is 9.27. The zero-order chi connectivity index (χ0) is 10.7. The van der Waals surface area contributed by atoms with Crippen molar-refractivity contribution in [3.8, 4) is 0 Å². The standard InChI is InChI=1S/C12H21F2N/c13-12(14)9-15-8-11(12)7-10-5-3-1-2-4-6-10/h10-11,15H,1-9H2. The number of halogens is 2. The lowest BCUT2D eigenvalue weighted by atomic mass is 9.87. The van der Waals surface area contributed by atoms with Crippen molar-refractivity contribution in [3.05, 3.63) is 0 Å². The maximum absolute atomic E-state index is 13.4. The molecule has 0 aromatic carbocycles. The average molecular weight is 217 g/mol. The molecule has 0 radical (unpaired) electrons. The Balaban J connectivity index is 1.84. The summed E-state index contributed by atoms with van der Waals surface area (Å²) in [6, 6.07) is 0. The minimum Gasteiger partial charge on any atom is -0.311 e. The summed E-state index contributed by atoms with van der Waals surface area (Å²) in [7, 11) is 0. The van der Waals surface area contributed by atoms with Crippen molar-refractivity contribution in [1.29, 1.82) is 0 Å². The fourth-order valence-electron chi connectivity index (χ4n) is 2.96. The Bertz CT molecular complexity index is 198. The van der Waals surface area contributed by atoms with Crippen molar-refractivity contribution in [3.63, 3.8) is 0 Å². The van der Waals surface area contributed by atoms with Crippen LogP contribution in [0.5, 0.6) is 0 Å². The van der Waals surface area contributed by atoms with Gasteiger partial charge in [0.05, 0.1) is 6.54 Å². The van der Waals surface area contributed by atoms with Gasteiger partial charge in [-0.2, -0.15) is 0 Å². The summed E-state index contributed by atoms with van der Waals surface area (Å²) in [5.41, 5.74) is 0. The molecule has 1 aliphatic heterocycles. The molecule has 1 unspecified atom stereocenters. The summed E-state index contributed by atoms with van der Waals surface area (Å²) in [5.74, 6) is -2.30. The Morgan fingerprint density at radius 2 is 1.73 bits per heavy atom. The molecule has 0 bridgehead atoms. The van der Waals surface area contributed by atoms with Crippen LogP contribution in [-0.4, -0.2) is 19.0 Å². The molecule has 15 heavy (non-hydrogen) atoms. The summed E-state index contributed by atoms with van der Waals surface area (Å²) in [6.07, 6.45) is 8.18. The maximum atomic E-state index is 13.4. The lowest BCUT2D eigenvalue weighted by Gasteiger charge is -2.22. The van der Waals surface area contributed by atoms with Gasteiger partial charge in [0.1, 0.15) is 0 Å². The first kappa shape index (κ1) is 11.3. The third kappa shape index (κ3) is 2.90. The molecule has 1 heterocycles. The van der Waals surface area contributed by atoms with Crippen LogP contribution in [0.2, 0.25) is 0 Å². The predicted octanol–water partition coefficient (Wildman–Crippen LogP) is 3.20. The van der Waals surface area contributed by atoms with Gasteiger partial charge in [-0.05, 0) is 12.3 Å². The SMILES string of the molecule is FC1(F)CNCC1CC1CCCCCC1. The van der Waals surface area contributed by atoms with Gasteiger partial charge in [-0.1, -0.05) is 38.5 Å². The van der Waals surface area contributed by atoms with Gasteiger partial charge in [0, 0.05) is 12.5 Å². The fourth-order valence-corrected chi connectivity index (χ4v) is 2.96. The Hall–Kier alpha value is -0.180. The van der Waals surface area contributed by atoms with Gasteiger partial charge in [0.15, 0.2) is 0 Å². The summed E-state index contributed by atoms with van der Waals surface area (Å²) in [6.45, 7) is 0.411. The van der Waals surface area contributed by atoms with E-state index in [-0.39, 0.29) is 6.54 Å². The number of alkyl halides is 2. The molecule has 2 fully saturated rings. The lowest BCUT2D eigenvalue weighted by molar-refractivity contribution is -0.0302. The van der Waals surface area contributed by atoms with E-state index >= 15 is 0 Å². The predicted molar refractivity (Wildman–Crippen MR) is 57.1 cm³/mol. The molecule has 1 atom stereocenters. The fraction of sp³-hybridized carbons (Fsp3) is 1.00. The second-order valence-electron chi connectivity index (χ2n) is 5.18. The molecule has 0 spiro atoms. The third-order valence-corrected chi connectivity index (χ3v) is 3.94. The van der Waals surface area contributed by atoms with E-state index in [9.17, 15) is 8.78 Å². The van der Waals surface area contributed by atoms with Crippen molar-refractivity contribution in [1.82, 2.24) is 5.32 Å². The van der Waals surface area contributed by atoms with Crippen LogP contribution in [0.4, 0.5) is 8.78 Å². The maximum Gasteiger partial charge on any atom is 0.264 e. The van der Waals surface area contributed by atoms with Crippen molar-refractivity contribution >= 4 is 0 Å². The van der Waals surface area contributed by atoms with Crippen LogP contribution in [0.25, 0.3) is 0 Å². The normalized spacial score (nSPS) is 32.8. The highest BCUT2D eigenvalue weighted by Gasteiger charge is 2.44. The number of nitrogens with one attached hydrogen (secondary N) is 1. The molecular weight excluding hydrogens is 196 g/mol. The van der Waals surface area contributed by atoms with Gasteiger partial charge in [-0.15, -0.1) is 0 Å². The molecule has 1 saturated carbocycles. The van der Waals surface area contributed by atoms with Crippen LogP contribution < -0.4 is 5.32 Å². The smallest absolute Gasteiger partial charge is 0.264 e. The van der Waals surface area contributed by atoms with E-state index in [1.165, 1.54) is 38.5 Å². The van der Waals surface area contributed by atoms with Gasteiger partial charge in [0.25, 0.3) is 5.92 Å². The van der Waals surface area contributed by atoms with Crippen LogP contribution in [0, 0.1) is 11.8 Å². The molecule has 88 valence electrons. The first-order valence-corrected chi connectivity index (χ1v) is 6.27. The van der Waals surface area contributed by atoms with Crippen LogP contribution in [0.3, 0.4) is 0 Å². The first-order chi connectivity index (χ1) is 7.18. The van der Waals surface area contributed by atoms with Crippen molar-refractivity contribution in [2.75, 3.05) is 13.1 Å². The van der Waals surface area contributed by atoms with Crippen LogP contribution in [-0.2, 0) is 0 Å². The van der Waals surface area contributed by atoms with E-state index in [2.05, 4.69) is 5.32 Å². The van der Waals surface area contributed by atoms with Crippen molar-refractivity contribution in [2.45, 2.75) is 50.9 Å². The molecule has 0 aromatic rings. The van der Waals surface area contributed by atoms with E-state index in [4.69, 9.17) is 0 Å². The van der Waals surface area contributed by atoms with Gasteiger partial charge < -0.3 is 5.32 Å². The second kappa shape index (κ2) is 4.77. The monoisotopic (exact) mass is 217 g/mol. The Kier molecular flexibility index (Phi) is 3.60. The van der Waals surface area contributed by atoms with E-state index < -0.39 is 11.8 Å². The topological polar surface area (TPSA) is 12.0 Å². The molecule has 2 rings (SSSR count). The lowest BCUT2D eigenvalue weighted by Crippen LogP contribution is -2.28. The quantitative estimate of drug-likeness (QED) is 0.700. The molecule has 1 aliphatic carbocycles. The summed E-state index contributed by atoms with van der Waals surface area (Å²) >= 11 is 0. The minimum absolute atomic E-state index is 0.107. The molecule has 1 saturated heterocycles. The summed E-state index contributed by atoms with van der Waals surface area (Å²) < 4.78 is 26.8. The summed E-state index contributed by atoms with van der Waals surface area (Å²) in [5, 5.41) is 2.82. The summed E-state index contributed by atoms with van der Waals surface area (Å²) in [4.78, 5) is 0. The third-order valence-electron chi connectivity index (χ3n) is 3.94. The van der Waals surface area contributed by atoms with Crippen molar-refractivity contribution < 1.29 is 8.78 Å². The average Bonchev–Trinajstić information content (AvgIpc) is 2.43. The number of hydrogen-bond donors (Lipinski definition) is 1.